The molecule has 26 heavy (non-hydrogen) atoms. The van der Waals surface area contributed by atoms with Crippen molar-refractivity contribution in [1.29, 1.82) is 0 Å². The number of carbonyl (C=O) groups is 1. The average Bonchev–Trinajstić information content (AvgIpc) is 3.08. The first-order valence-corrected chi connectivity index (χ1v) is 9.25. The fraction of sp³-hybridized carbons (Fsp3) is 0.500. The molecule has 0 N–H and O–H groups in total. The van der Waals surface area contributed by atoms with E-state index in [0.29, 0.717) is 31.0 Å². The largest absolute Gasteiger partial charge is 0.469 e. The quantitative estimate of drug-likeness (QED) is 0.847. The summed E-state index contributed by atoms with van der Waals surface area (Å²) < 4.78 is 11.5. The van der Waals surface area contributed by atoms with Gasteiger partial charge in [-0.15, -0.1) is 0 Å². The second-order valence-electron chi connectivity index (χ2n) is 7.28. The van der Waals surface area contributed by atoms with Crippen LogP contribution in [0, 0.1) is 6.92 Å². The molecular formula is C20H25N3O3. The van der Waals surface area contributed by atoms with Crippen LogP contribution in [0.1, 0.15) is 34.7 Å². The minimum atomic E-state index is -0.279. The normalized spacial score (nSPS) is 24.1. The van der Waals surface area contributed by atoms with Crippen molar-refractivity contribution in [2.75, 3.05) is 32.8 Å². The van der Waals surface area contributed by atoms with Crippen LogP contribution in [0.15, 0.2) is 41.1 Å². The first-order chi connectivity index (χ1) is 12.7. The van der Waals surface area contributed by atoms with Crippen LogP contribution in [-0.4, -0.2) is 59.1 Å². The molecule has 2 saturated heterocycles. The standard InChI is InChI=1S/C20H25N3O3/c1-16-18(6-11-25-16)19(24)23-10-12-26-20(15-23)7-4-9-22(14-20)13-17-5-2-3-8-21-17/h2-3,5-6,8,11H,4,7,9-10,12-15H2,1H3/t20-/m0/s1. The molecule has 1 atom stereocenters. The summed E-state index contributed by atoms with van der Waals surface area (Å²) in [5, 5.41) is 0. The molecule has 1 spiro atoms. The summed E-state index contributed by atoms with van der Waals surface area (Å²) in [4.78, 5) is 21.6. The van der Waals surface area contributed by atoms with Crippen molar-refractivity contribution in [2.45, 2.75) is 31.9 Å². The molecule has 2 fully saturated rings. The van der Waals surface area contributed by atoms with Gasteiger partial charge in [0.1, 0.15) is 5.76 Å². The van der Waals surface area contributed by atoms with E-state index < -0.39 is 0 Å². The van der Waals surface area contributed by atoms with E-state index >= 15 is 0 Å². The summed E-state index contributed by atoms with van der Waals surface area (Å²) in [6.07, 6.45) is 5.47. The third-order valence-corrected chi connectivity index (χ3v) is 5.36. The van der Waals surface area contributed by atoms with E-state index in [-0.39, 0.29) is 11.5 Å². The molecule has 6 heteroatoms. The Labute approximate surface area is 153 Å². The zero-order valence-corrected chi connectivity index (χ0v) is 15.2. The van der Waals surface area contributed by atoms with Crippen LogP contribution in [0.4, 0.5) is 0 Å². The molecule has 0 bridgehead atoms. The number of aryl methyl sites for hydroxylation is 1. The topological polar surface area (TPSA) is 58.8 Å². The van der Waals surface area contributed by atoms with E-state index in [1.807, 2.05) is 30.2 Å². The SMILES string of the molecule is Cc1occc1C(=O)N1CCO[C@]2(CCCN(Cc3ccccn3)C2)C1. The Morgan fingerprint density at radius 1 is 1.27 bits per heavy atom. The van der Waals surface area contributed by atoms with Crippen molar-refractivity contribution in [2.24, 2.45) is 0 Å². The highest BCUT2D eigenvalue weighted by Crippen LogP contribution is 2.30. The predicted octanol–water partition coefficient (Wildman–Crippen LogP) is 2.49. The second kappa shape index (κ2) is 7.21. The summed E-state index contributed by atoms with van der Waals surface area (Å²) in [7, 11) is 0. The highest BCUT2D eigenvalue weighted by Gasteiger charge is 2.42. The third kappa shape index (κ3) is 3.52. The molecule has 0 radical (unpaired) electrons. The number of likely N-dealkylation sites (tertiary alicyclic amines) is 1. The number of nitrogens with zero attached hydrogens (tertiary/aromatic N) is 3. The molecule has 4 rings (SSSR count). The van der Waals surface area contributed by atoms with Gasteiger partial charge < -0.3 is 14.1 Å². The van der Waals surface area contributed by atoms with Gasteiger partial charge in [0.05, 0.1) is 36.3 Å². The van der Waals surface area contributed by atoms with Gasteiger partial charge in [-0.25, -0.2) is 0 Å². The number of furan rings is 1. The molecule has 1 amide bonds. The number of aromatic nitrogens is 1. The number of ether oxygens (including phenoxy) is 1. The Balaban J connectivity index is 1.45. The van der Waals surface area contributed by atoms with E-state index in [4.69, 9.17) is 9.15 Å². The molecule has 4 heterocycles. The van der Waals surface area contributed by atoms with Gasteiger partial charge in [0.25, 0.3) is 5.91 Å². The lowest BCUT2D eigenvalue weighted by Gasteiger charge is -2.48. The number of carbonyl (C=O) groups excluding carboxylic acids is 1. The predicted molar refractivity (Wildman–Crippen MR) is 96.8 cm³/mol. The molecule has 0 unspecified atom stereocenters. The fourth-order valence-corrected chi connectivity index (χ4v) is 4.09. The van der Waals surface area contributed by atoms with Crippen LogP contribution in [0.5, 0.6) is 0 Å². The van der Waals surface area contributed by atoms with Crippen LogP contribution in [0.3, 0.4) is 0 Å². The Kier molecular flexibility index (Phi) is 4.78. The van der Waals surface area contributed by atoms with Crippen LogP contribution < -0.4 is 0 Å². The molecule has 0 saturated carbocycles. The number of amides is 1. The van der Waals surface area contributed by atoms with Gasteiger partial charge in [-0.2, -0.15) is 0 Å². The molecule has 0 aromatic carbocycles. The van der Waals surface area contributed by atoms with Crippen LogP contribution in [0.2, 0.25) is 0 Å². The lowest BCUT2D eigenvalue weighted by molar-refractivity contribution is -0.133. The molecule has 2 aliphatic heterocycles. The van der Waals surface area contributed by atoms with E-state index in [1.165, 1.54) is 0 Å². The van der Waals surface area contributed by atoms with Crippen molar-refractivity contribution in [3.8, 4) is 0 Å². The molecule has 2 aromatic rings. The first-order valence-electron chi connectivity index (χ1n) is 9.25. The van der Waals surface area contributed by atoms with Crippen LogP contribution in [0.25, 0.3) is 0 Å². The van der Waals surface area contributed by atoms with E-state index in [2.05, 4.69) is 16.0 Å². The van der Waals surface area contributed by atoms with Gasteiger partial charge in [0.15, 0.2) is 0 Å². The Bertz CT molecular complexity index is 757. The van der Waals surface area contributed by atoms with E-state index in [9.17, 15) is 4.79 Å². The summed E-state index contributed by atoms with van der Waals surface area (Å²) in [5.41, 5.74) is 1.45. The zero-order chi connectivity index (χ0) is 18.0. The monoisotopic (exact) mass is 355 g/mol. The van der Waals surface area contributed by atoms with Gasteiger partial charge in [0, 0.05) is 25.8 Å². The van der Waals surface area contributed by atoms with Crippen molar-refractivity contribution >= 4 is 5.91 Å². The maximum atomic E-state index is 12.9. The lowest BCUT2D eigenvalue weighted by Crippen LogP contribution is -2.60. The molecule has 0 aliphatic carbocycles. The third-order valence-electron chi connectivity index (χ3n) is 5.36. The Hall–Kier alpha value is -2.18. The van der Waals surface area contributed by atoms with E-state index in [1.54, 1.807) is 12.3 Å². The molecular weight excluding hydrogens is 330 g/mol. The maximum Gasteiger partial charge on any atom is 0.257 e. The van der Waals surface area contributed by atoms with Crippen molar-refractivity contribution in [1.82, 2.24) is 14.8 Å². The zero-order valence-electron chi connectivity index (χ0n) is 15.2. The first kappa shape index (κ1) is 17.2. The second-order valence-corrected chi connectivity index (χ2v) is 7.28. The maximum absolute atomic E-state index is 12.9. The molecule has 6 nitrogen and oxygen atoms in total. The van der Waals surface area contributed by atoms with Crippen molar-refractivity contribution < 1.29 is 13.9 Å². The minimum absolute atomic E-state index is 0.0424. The van der Waals surface area contributed by atoms with Gasteiger partial charge in [-0.1, -0.05) is 6.07 Å². The average molecular weight is 355 g/mol. The van der Waals surface area contributed by atoms with Gasteiger partial charge in [-0.05, 0) is 44.5 Å². The Morgan fingerprint density at radius 3 is 2.96 bits per heavy atom. The summed E-state index contributed by atoms with van der Waals surface area (Å²) in [6.45, 7) is 6.37. The highest BCUT2D eigenvalue weighted by molar-refractivity contribution is 5.95. The molecule has 2 aliphatic rings. The van der Waals surface area contributed by atoms with Gasteiger partial charge in [0.2, 0.25) is 0 Å². The number of rotatable bonds is 3. The van der Waals surface area contributed by atoms with Gasteiger partial charge >= 0.3 is 0 Å². The van der Waals surface area contributed by atoms with Gasteiger partial charge in [-0.3, -0.25) is 14.7 Å². The number of hydrogen-bond acceptors (Lipinski definition) is 5. The number of morpholine rings is 1. The van der Waals surface area contributed by atoms with Crippen molar-refractivity contribution in [3.05, 3.63) is 53.7 Å². The smallest absolute Gasteiger partial charge is 0.257 e. The number of piperidine rings is 1. The number of hydrogen-bond donors (Lipinski definition) is 0. The van der Waals surface area contributed by atoms with Crippen LogP contribution >= 0.6 is 0 Å². The van der Waals surface area contributed by atoms with Crippen LogP contribution in [-0.2, 0) is 11.3 Å². The molecule has 138 valence electrons. The fourth-order valence-electron chi connectivity index (χ4n) is 4.09. The summed E-state index contributed by atoms with van der Waals surface area (Å²) in [6, 6.07) is 7.77. The highest BCUT2D eigenvalue weighted by atomic mass is 16.5. The lowest BCUT2D eigenvalue weighted by atomic mass is 9.90. The molecule has 2 aromatic heterocycles. The van der Waals surface area contributed by atoms with E-state index in [0.717, 1.165) is 38.2 Å². The van der Waals surface area contributed by atoms with Crippen molar-refractivity contribution in [3.63, 3.8) is 0 Å². The summed E-state index contributed by atoms with van der Waals surface area (Å²) in [5.74, 6) is 0.719. The summed E-state index contributed by atoms with van der Waals surface area (Å²) >= 11 is 0. The number of pyridine rings is 1. The minimum Gasteiger partial charge on any atom is -0.469 e. The Morgan fingerprint density at radius 2 is 2.19 bits per heavy atom.